The molecule has 8 heteroatoms. The van der Waals surface area contributed by atoms with Crippen molar-refractivity contribution in [3.8, 4) is 17.2 Å². The van der Waals surface area contributed by atoms with Gasteiger partial charge in [0.05, 0.1) is 25.0 Å². The molecule has 35 heavy (non-hydrogen) atoms. The lowest BCUT2D eigenvalue weighted by Crippen LogP contribution is -2.25. The molecule has 1 saturated heterocycles. The summed E-state index contributed by atoms with van der Waals surface area (Å²) in [6.45, 7) is 0. The zero-order valence-corrected chi connectivity index (χ0v) is 20.0. The third-order valence-corrected chi connectivity index (χ3v) is 6.33. The van der Waals surface area contributed by atoms with Crippen LogP contribution in [-0.4, -0.2) is 36.6 Å². The number of hydrogen-bond acceptors (Lipinski definition) is 7. The molecule has 0 spiro atoms. The van der Waals surface area contributed by atoms with E-state index in [0.717, 1.165) is 28.6 Å². The smallest absolute Gasteiger partial charge is 0.338 e. The Morgan fingerprint density at radius 2 is 1.49 bits per heavy atom. The Balaban J connectivity index is 1.45. The molecule has 2 amide bonds. The highest BCUT2D eigenvalue weighted by Gasteiger charge is 2.31. The van der Waals surface area contributed by atoms with Gasteiger partial charge in [0.1, 0.15) is 17.2 Å². The summed E-state index contributed by atoms with van der Waals surface area (Å²) in [5.41, 5.74) is 2.88. The largest absolute Gasteiger partial charge is 0.497 e. The zero-order valence-electron chi connectivity index (χ0n) is 19.1. The fourth-order valence-electron chi connectivity index (χ4n) is 3.51. The van der Waals surface area contributed by atoms with E-state index in [9.17, 15) is 14.4 Å². The number of imide groups is 1. The van der Waals surface area contributed by atoms with Crippen molar-refractivity contribution in [3.63, 3.8) is 0 Å². The summed E-state index contributed by atoms with van der Waals surface area (Å²) in [4.78, 5) is 35.5. The first-order chi connectivity index (χ1) is 16.9. The molecule has 0 aliphatic carbocycles. The molecule has 0 radical (unpaired) electrons. The van der Waals surface area contributed by atoms with E-state index in [1.807, 2.05) is 48.5 Å². The normalized spacial score (nSPS) is 15.5. The Bertz CT molecular complexity index is 1250. The number of benzene rings is 3. The number of thioether (sulfide) groups is 1. The molecule has 0 saturated carbocycles. The van der Waals surface area contributed by atoms with E-state index in [1.165, 1.54) is 7.11 Å². The van der Waals surface area contributed by atoms with Crippen molar-refractivity contribution in [1.29, 1.82) is 0 Å². The van der Waals surface area contributed by atoms with Crippen LogP contribution in [0.25, 0.3) is 11.6 Å². The lowest BCUT2D eigenvalue weighted by Gasteiger charge is -2.10. The molecule has 1 fully saturated rings. The SMILES string of the molecule is COC(=O)/C(=C/c1ccc(OC)cc1)c1ccc(Oc2ccc(CC3SC(=O)NC3=O)cc2)cc1. The molecule has 1 N–H and O–H groups in total. The lowest BCUT2D eigenvalue weighted by molar-refractivity contribution is -0.133. The molecular formula is C27H23NO6S. The van der Waals surface area contributed by atoms with Gasteiger partial charge in [-0.2, -0.15) is 0 Å². The molecular weight excluding hydrogens is 466 g/mol. The minimum Gasteiger partial charge on any atom is -0.497 e. The highest BCUT2D eigenvalue weighted by atomic mass is 32.2. The van der Waals surface area contributed by atoms with Crippen LogP contribution in [0.3, 0.4) is 0 Å². The van der Waals surface area contributed by atoms with Crippen LogP contribution in [0.5, 0.6) is 17.2 Å². The molecule has 7 nitrogen and oxygen atoms in total. The summed E-state index contributed by atoms with van der Waals surface area (Å²) >= 11 is 1.01. The van der Waals surface area contributed by atoms with Gasteiger partial charge in [0.2, 0.25) is 5.91 Å². The maximum absolute atomic E-state index is 12.4. The van der Waals surface area contributed by atoms with Crippen molar-refractivity contribution in [2.24, 2.45) is 0 Å². The van der Waals surface area contributed by atoms with Crippen molar-refractivity contribution >= 4 is 40.5 Å². The van der Waals surface area contributed by atoms with Crippen LogP contribution in [-0.2, 0) is 20.7 Å². The molecule has 3 aromatic rings. The summed E-state index contributed by atoms with van der Waals surface area (Å²) in [7, 11) is 2.95. The lowest BCUT2D eigenvalue weighted by atomic mass is 10.0. The van der Waals surface area contributed by atoms with Crippen LogP contribution in [0.1, 0.15) is 16.7 Å². The third-order valence-electron chi connectivity index (χ3n) is 5.34. The highest BCUT2D eigenvalue weighted by molar-refractivity contribution is 8.15. The van der Waals surface area contributed by atoms with E-state index in [0.29, 0.717) is 29.1 Å². The number of esters is 1. The molecule has 4 rings (SSSR count). The Kier molecular flexibility index (Phi) is 7.52. The predicted molar refractivity (Wildman–Crippen MR) is 134 cm³/mol. The number of hydrogen-bond donors (Lipinski definition) is 1. The van der Waals surface area contributed by atoms with Gasteiger partial charge in [-0.1, -0.05) is 48.2 Å². The Hall–Kier alpha value is -4.04. The van der Waals surface area contributed by atoms with Gasteiger partial charge in [-0.25, -0.2) is 4.79 Å². The quantitative estimate of drug-likeness (QED) is 0.268. The van der Waals surface area contributed by atoms with Crippen molar-refractivity contribution < 1.29 is 28.6 Å². The first kappa shape index (κ1) is 24.1. The summed E-state index contributed by atoms with van der Waals surface area (Å²) in [5, 5.41) is 1.58. The van der Waals surface area contributed by atoms with Crippen LogP contribution in [0.4, 0.5) is 4.79 Å². The minimum absolute atomic E-state index is 0.257. The van der Waals surface area contributed by atoms with E-state index in [2.05, 4.69) is 5.32 Å². The first-order valence-corrected chi connectivity index (χ1v) is 11.7. The Morgan fingerprint density at radius 1 is 0.886 bits per heavy atom. The number of methoxy groups -OCH3 is 2. The van der Waals surface area contributed by atoms with Crippen LogP contribution in [0, 0.1) is 0 Å². The molecule has 1 unspecified atom stereocenters. The summed E-state index contributed by atoms with van der Waals surface area (Å²) in [5.74, 6) is 1.26. The van der Waals surface area contributed by atoms with Crippen molar-refractivity contribution in [3.05, 3.63) is 89.5 Å². The second-order valence-electron chi connectivity index (χ2n) is 7.68. The number of nitrogens with one attached hydrogen (secondary N) is 1. The molecule has 0 bridgehead atoms. The topological polar surface area (TPSA) is 90.9 Å². The monoisotopic (exact) mass is 489 g/mol. The molecule has 1 heterocycles. The van der Waals surface area contributed by atoms with Gasteiger partial charge in [-0.15, -0.1) is 0 Å². The van der Waals surface area contributed by atoms with Crippen LogP contribution in [0.15, 0.2) is 72.8 Å². The number of carbonyl (C=O) groups is 3. The van der Waals surface area contributed by atoms with Gasteiger partial charge >= 0.3 is 5.97 Å². The predicted octanol–water partition coefficient (Wildman–Crippen LogP) is 5.10. The van der Waals surface area contributed by atoms with E-state index < -0.39 is 11.2 Å². The third kappa shape index (κ3) is 6.10. The van der Waals surface area contributed by atoms with E-state index >= 15 is 0 Å². The number of ether oxygens (including phenoxy) is 3. The molecule has 178 valence electrons. The fourth-order valence-corrected chi connectivity index (χ4v) is 4.37. The van der Waals surface area contributed by atoms with Gasteiger partial charge in [-0.05, 0) is 65.6 Å². The molecule has 0 aromatic heterocycles. The van der Waals surface area contributed by atoms with E-state index in [4.69, 9.17) is 14.2 Å². The van der Waals surface area contributed by atoms with Gasteiger partial charge in [0.15, 0.2) is 0 Å². The number of carbonyl (C=O) groups excluding carboxylic acids is 3. The van der Waals surface area contributed by atoms with Gasteiger partial charge in [-0.3, -0.25) is 14.9 Å². The number of rotatable bonds is 8. The molecule has 3 aromatic carbocycles. The van der Waals surface area contributed by atoms with Crippen LogP contribution in [0.2, 0.25) is 0 Å². The summed E-state index contributed by atoms with van der Waals surface area (Å²) in [6, 6.07) is 21.9. The standard InChI is InChI=1S/C27H23NO6S/c1-32-20-9-3-17(4-10-20)15-23(26(30)33-2)19-7-13-22(14-8-19)34-21-11-5-18(6-12-21)16-24-25(29)28-27(31)35-24/h3-15,24H,16H2,1-2H3,(H,28,29,31)/b23-15+. The molecule has 1 aliphatic rings. The van der Waals surface area contributed by atoms with Gasteiger partial charge < -0.3 is 14.2 Å². The van der Waals surface area contributed by atoms with E-state index in [-0.39, 0.29) is 11.1 Å². The van der Waals surface area contributed by atoms with Crippen molar-refractivity contribution in [1.82, 2.24) is 5.32 Å². The van der Waals surface area contributed by atoms with Gasteiger partial charge in [0, 0.05) is 0 Å². The maximum atomic E-state index is 12.4. The summed E-state index contributed by atoms with van der Waals surface area (Å²) < 4.78 is 16.1. The van der Waals surface area contributed by atoms with Crippen molar-refractivity contribution in [2.75, 3.05) is 14.2 Å². The van der Waals surface area contributed by atoms with Crippen molar-refractivity contribution in [2.45, 2.75) is 11.7 Å². The first-order valence-electron chi connectivity index (χ1n) is 10.8. The van der Waals surface area contributed by atoms with Crippen LogP contribution >= 0.6 is 11.8 Å². The summed E-state index contributed by atoms with van der Waals surface area (Å²) in [6.07, 6.45) is 2.23. The number of amides is 2. The second kappa shape index (κ2) is 10.9. The Labute approximate surface area is 207 Å². The average Bonchev–Trinajstić information content (AvgIpc) is 3.20. The van der Waals surface area contributed by atoms with E-state index in [1.54, 1.807) is 37.5 Å². The highest BCUT2D eigenvalue weighted by Crippen LogP contribution is 2.28. The Morgan fingerprint density at radius 3 is 2.03 bits per heavy atom. The minimum atomic E-state index is -0.444. The average molecular weight is 490 g/mol. The maximum Gasteiger partial charge on any atom is 0.338 e. The zero-order chi connectivity index (χ0) is 24.8. The fraction of sp³-hybridized carbons (Fsp3) is 0.148. The van der Waals surface area contributed by atoms with Crippen LogP contribution < -0.4 is 14.8 Å². The molecule has 1 aliphatic heterocycles. The van der Waals surface area contributed by atoms with Gasteiger partial charge in [0.25, 0.3) is 5.24 Å². The second-order valence-corrected chi connectivity index (χ2v) is 8.86. The molecule has 1 atom stereocenters.